The van der Waals surface area contributed by atoms with Crippen LogP contribution in [0.2, 0.25) is 0 Å². The van der Waals surface area contributed by atoms with E-state index in [9.17, 15) is 9.59 Å². The molecule has 0 saturated carbocycles. The van der Waals surface area contributed by atoms with Crippen LogP contribution in [0.5, 0.6) is 0 Å². The van der Waals surface area contributed by atoms with Crippen molar-refractivity contribution in [2.24, 2.45) is 0 Å². The predicted molar refractivity (Wildman–Crippen MR) is 133 cm³/mol. The zero-order valence-electron chi connectivity index (χ0n) is 18.5. The van der Waals surface area contributed by atoms with Crippen LogP contribution in [-0.4, -0.2) is 32.7 Å². The van der Waals surface area contributed by atoms with Gasteiger partial charge in [-0.1, -0.05) is 55.1 Å². The lowest BCUT2D eigenvalue weighted by molar-refractivity contribution is -0.115. The van der Waals surface area contributed by atoms with E-state index in [1.807, 2.05) is 47.8 Å². The van der Waals surface area contributed by atoms with E-state index in [4.69, 9.17) is 4.42 Å². The molecule has 0 saturated heterocycles. The third-order valence-corrected chi connectivity index (χ3v) is 6.44. The maximum absolute atomic E-state index is 12.3. The highest BCUT2D eigenvalue weighted by Crippen LogP contribution is 2.22. The molecular formula is C24H23N5O3S2. The van der Waals surface area contributed by atoms with Gasteiger partial charge in [0.15, 0.2) is 5.13 Å². The minimum absolute atomic E-state index is 0.0549. The Kier molecular flexibility index (Phi) is 8.05. The van der Waals surface area contributed by atoms with Gasteiger partial charge in [-0.25, -0.2) is 4.98 Å². The molecule has 0 spiro atoms. The van der Waals surface area contributed by atoms with Crippen molar-refractivity contribution >= 4 is 45.7 Å². The summed E-state index contributed by atoms with van der Waals surface area (Å²) in [6, 6.07) is 16.8. The van der Waals surface area contributed by atoms with Crippen LogP contribution in [0.25, 0.3) is 0 Å². The molecule has 0 unspecified atom stereocenters. The topological polar surface area (TPSA) is 110 Å². The van der Waals surface area contributed by atoms with Crippen molar-refractivity contribution in [3.05, 3.63) is 82.7 Å². The number of thioether (sulfide) groups is 1. The second kappa shape index (κ2) is 11.6. The SMILES string of the molecule is CCc1ccccc1NC(=O)CCSc1nnc(Cc2csc(NC(=O)c3ccccc3)n2)o1. The molecule has 34 heavy (non-hydrogen) atoms. The number of para-hydroxylation sites is 1. The summed E-state index contributed by atoms with van der Waals surface area (Å²) in [5.74, 6) is 0.685. The van der Waals surface area contributed by atoms with Gasteiger partial charge in [-0.3, -0.25) is 14.9 Å². The van der Waals surface area contributed by atoms with Crippen LogP contribution in [-0.2, 0) is 17.6 Å². The van der Waals surface area contributed by atoms with Gasteiger partial charge in [0, 0.05) is 28.8 Å². The normalized spacial score (nSPS) is 10.7. The minimum Gasteiger partial charge on any atom is -0.416 e. The van der Waals surface area contributed by atoms with Crippen molar-refractivity contribution in [3.8, 4) is 0 Å². The summed E-state index contributed by atoms with van der Waals surface area (Å²) in [5, 5.41) is 16.6. The van der Waals surface area contributed by atoms with Crippen LogP contribution in [0.1, 0.15) is 40.9 Å². The average molecular weight is 494 g/mol. The maximum Gasteiger partial charge on any atom is 0.276 e. The van der Waals surface area contributed by atoms with E-state index in [0.29, 0.717) is 40.4 Å². The number of nitrogens with one attached hydrogen (secondary N) is 2. The molecule has 2 aromatic carbocycles. The molecule has 2 amide bonds. The average Bonchev–Trinajstić information content (AvgIpc) is 3.49. The molecule has 2 aromatic heterocycles. The van der Waals surface area contributed by atoms with Gasteiger partial charge in [-0.15, -0.1) is 21.5 Å². The molecule has 4 aromatic rings. The molecular weight excluding hydrogens is 470 g/mol. The first-order valence-electron chi connectivity index (χ1n) is 10.7. The summed E-state index contributed by atoms with van der Waals surface area (Å²) in [7, 11) is 0. The van der Waals surface area contributed by atoms with Gasteiger partial charge in [-0.05, 0) is 30.2 Å². The van der Waals surface area contributed by atoms with E-state index in [1.165, 1.54) is 23.1 Å². The van der Waals surface area contributed by atoms with Crippen molar-refractivity contribution < 1.29 is 14.0 Å². The van der Waals surface area contributed by atoms with E-state index in [2.05, 4.69) is 32.7 Å². The molecule has 0 aliphatic heterocycles. The van der Waals surface area contributed by atoms with E-state index < -0.39 is 0 Å². The van der Waals surface area contributed by atoms with Crippen LogP contribution in [0.15, 0.2) is 69.6 Å². The molecule has 2 N–H and O–H groups in total. The van der Waals surface area contributed by atoms with Gasteiger partial charge in [0.1, 0.15) is 0 Å². The van der Waals surface area contributed by atoms with Gasteiger partial charge < -0.3 is 9.73 Å². The quantitative estimate of drug-likeness (QED) is 0.297. The van der Waals surface area contributed by atoms with Gasteiger partial charge in [0.05, 0.1) is 12.1 Å². The standard InChI is InChI=1S/C24H23N5O3S2/c1-2-16-8-6-7-11-19(16)26-20(30)12-13-33-24-29-28-21(32-24)14-18-15-34-23(25-18)27-22(31)17-9-4-3-5-10-17/h3-11,15H,2,12-14H2,1H3,(H,26,30)(H,25,27,31). The largest absolute Gasteiger partial charge is 0.416 e. The summed E-state index contributed by atoms with van der Waals surface area (Å²) in [6.45, 7) is 2.06. The number of carbonyl (C=O) groups excluding carboxylic acids is 2. The van der Waals surface area contributed by atoms with Crippen molar-refractivity contribution in [3.63, 3.8) is 0 Å². The third-order valence-electron chi connectivity index (χ3n) is 4.82. The maximum atomic E-state index is 12.3. The van der Waals surface area contributed by atoms with E-state index in [0.717, 1.165) is 23.4 Å². The first-order valence-corrected chi connectivity index (χ1v) is 12.6. The van der Waals surface area contributed by atoms with Gasteiger partial charge >= 0.3 is 0 Å². The van der Waals surface area contributed by atoms with Gasteiger partial charge in [-0.2, -0.15) is 0 Å². The first-order chi connectivity index (χ1) is 16.6. The Hall–Kier alpha value is -3.50. The molecule has 4 rings (SSSR count). The zero-order chi connectivity index (χ0) is 23.8. The number of amides is 2. The van der Waals surface area contributed by atoms with Crippen molar-refractivity contribution in [2.45, 2.75) is 31.4 Å². The summed E-state index contributed by atoms with van der Waals surface area (Å²) in [4.78, 5) is 28.9. The summed E-state index contributed by atoms with van der Waals surface area (Å²) < 4.78 is 5.67. The number of nitrogens with zero attached hydrogens (tertiary/aromatic N) is 3. The molecule has 0 aliphatic rings. The van der Waals surface area contributed by atoms with Crippen LogP contribution >= 0.6 is 23.1 Å². The molecule has 174 valence electrons. The molecule has 10 heteroatoms. The Morgan fingerprint density at radius 1 is 1.03 bits per heavy atom. The van der Waals surface area contributed by atoms with E-state index in [-0.39, 0.29) is 11.8 Å². The van der Waals surface area contributed by atoms with Crippen molar-refractivity contribution in [1.82, 2.24) is 15.2 Å². The van der Waals surface area contributed by atoms with Crippen LogP contribution in [0, 0.1) is 0 Å². The lowest BCUT2D eigenvalue weighted by Gasteiger charge is -2.09. The number of anilines is 2. The molecule has 0 radical (unpaired) electrons. The second-order valence-electron chi connectivity index (χ2n) is 7.26. The molecule has 0 aliphatic carbocycles. The highest BCUT2D eigenvalue weighted by Gasteiger charge is 2.13. The molecule has 0 atom stereocenters. The van der Waals surface area contributed by atoms with Crippen molar-refractivity contribution in [1.29, 1.82) is 0 Å². The Morgan fingerprint density at radius 3 is 2.65 bits per heavy atom. The van der Waals surface area contributed by atoms with E-state index in [1.54, 1.807) is 12.1 Å². The number of benzene rings is 2. The van der Waals surface area contributed by atoms with Crippen LogP contribution < -0.4 is 10.6 Å². The second-order valence-corrected chi connectivity index (χ2v) is 9.16. The fourth-order valence-corrected chi connectivity index (χ4v) is 4.54. The van der Waals surface area contributed by atoms with Crippen LogP contribution in [0.3, 0.4) is 0 Å². The first kappa shape index (κ1) is 23.7. The summed E-state index contributed by atoms with van der Waals surface area (Å²) >= 11 is 2.67. The number of hydrogen-bond acceptors (Lipinski definition) is 8. The number of rotatable bonds is 10. The van der Waals surface area contributed by atoms with Gasteiger partial charge in [0.25, 0.3) is 11.1 Å². The Bertz CT molecular complexity index is 1260. The zero-order valence-corrected chi connectivity index (χ0v) is 20.1. The molecule has 0 bridgehead atoms. The highest BCUT2D eigenvalue weighted by molar-refractivity contribution is 7.99. The Balaban J connectivity index is 1.23. The predicted octanol–water partition coefficient (Wildman–Crippen LogP) is 5.05. The monoisotopic (exact) mass is 493 g/mol. The minimum atomic E-state index is -0.208. The van der Waals surface area contributed by atoms with E-state index >= 15 is 0 Å². The smallest absolute Gasteiger partial charge is 0.276 e. The third kappa shape index (κ3) is 6.52. The van der Waals surface area contributed by atoms with Crippen LogP contribution in [0.4, 0.5) is 10.8 Å². The van der Waals surface area contributed by atoms with Crippen molar-refractivity contribution in [2.75, 3.05) is 16.4 Å². The lowest BCUT2D eigenvalue weighted by Crippen LogP contribution is -2.13. The molecule has 8 nitrogen and oxygen atoms in total. The molecule has 2 heterocycles. The number of thiazole rings is 1. The number of carbonyl (C=O) groups is 2. The fourth-order valence-electron chi connectivity index (χ4n) is 3.12. The number of aryl methyl sites for hydroxylation is 1. The van der Waals surface area contributed by atoms with Gasteiger partial charge in [0.2, 0.25) is 11.8 Å². The Morgan fingerprint density at radius 2 is 1.82 bits per heavy atom. The number of aromatic nitrogens is 3. The Labute approximate surface area is 205 Å². The number of hydrogen-bond donors (Lipinski definition) is 2. The summed E-state index contributed by atoms with van der Waals surface area (Å²) in [6.07, 6.45) is 1.55. The molecule has 0 fully saturated rings. The summed E-state index contributed by atoms with van der Waals surface area (Å²) in [5.41, 5.74) is 3.25. The lowest BCUT2D eigenvalue weighted by atomic mass is 10.1. The highest BCUT2D eigenvalue weighted by atomic mass is 32.2. The fraction of sp³-hybridized carbons (Fsp3) is 0.208.